The smallest absolute Gasteiger partial charge is 0.0825 e. The number of nitrogens with zero attached hydrogens (tertiary/aromatic N) is 1. The summed E-state index contributed by atoms with van der Waals surface area (Å²) in [6.45, 7) is 1.68. The topological polar surface area (TPSA) is 45.6 Å². The number of aliphatic imine (C=N–C) groups is 1. The van der Waals surface area contributed by atoms with Crippen LogP contribution < -0.4 is 10.8 Å². The van der Waals surface area contributed by atoms with E-state index in [1.54, 1.807) is 13.4 Å². The molecule has 0 aromatic rings. The quantitative estimate of drug-likeness (QED) is 0.477. The Morgan fingerprint density at radius 3 is 3.33 bits per heavy atom. The van der Waals surface area contributed by atoms with E-state index in [0.717, 1.165) is 13.1 Å². The maximum Gasteiger partial charge on any atom is 0.0825 e. The van der Waals surface area contributed by atoms with Gasteiger partial charge in [-0.2, -0.15) is 5.48 Å². The van der Waals surface area contributed by atoms with Gasteiger partial charge in [0.1, 0.15) is 0 Å². The van der Waals surface area contributed by atoms with Crippen LogP contribution in [0, 0.1) is 0 Å². The normalized spacial score (nSPS) is 25.7. The summed E-state index contributed by atoms with van der Waals surface area (Å²) in [6.07, 6.45) is 1.72. The summed E-state index contributed by atoms with van der Waals surface area (Å²) in [6, 6.07) is 0.319. The lowest BCUT2D eigenvalue weighted by molar-refractivity contribution is 0.0635. The molecule has 0 spiro atoms. The lowest BCUT2D eigenvalue weighted by atomic mass is 10.3. The van der Waals surface area contributed by atoms with Crippen molar-refractivity contribution in [2.24, 2.45) is 4.99 Å². The van der Waals surface area contributed by atoms with Crippen molar-refractivity contribution in [3.63, 3.8) is 0 Å². The van der Waals surface area contributed by atoms with Crippen LogP contribution in [0.5, 0.6) is 0 Å². The van der Waals surface area contributed by atoms with Crippen LogP contribution in [0.25, 0.3) is 0 Å². The molecule has 4 nitrogen and oxygen atoms in total. The Balaban J connectivity index is 2.18. The van der Waals surface area contributed by atoms with Gasteiger partial charge in [-0.05, 0) is 0 Å². The molecule has 1 unspecified atom stereocenters. The zero-order valence-electron chi connectivity index (χ0n) is 5.42. The van der Waals surface area contributed by atoms with E-state index in [1.807, 2.05) is 0 Å². The van der Waals surface area contributed by atoms with Crippen LogP contribution in [-0.4, -0.2) is 32.6 Å². The lowest BCUT2D eigenvalue weighted by Crippen LogP contribution is -2.42. The average Bonchev–Trinajstić information content (AvgIpc) is 1.91. The van der Waals surface area contributed by atoms with Gasteiger partial charge in [0, 0.05) is 6.54 Å². The highest BCUT2D eigenvalue weighted by molar-refractivity contribution is 5.55. The number of hydrogen-bond acceptors (Lipinski definition) is 4. The van der Waals surface area contributed by atoms with Crippen molar-refractivity contribution in [2.45, 2.75) is 6.04 Å². The van der Waals surface area contributed by atoms with Gasteiger partial charge in [-0.25, -0.2) is 0 Å². The Bertz CT molecular complexity index is 104. The van der Waals surface area contributed by atoms with Crippen LogP contribution in [-0.2, 0) is 4.84 Å². The predicted molar refractivity (Wildman–Crippen MR) is 35.3 cm³/mol. The average molecular weight is 129 g/mol. The molecule has 1 atom stereocenters. The first kappa shape index (κ1) is 6.51. The molecule has 1 heterocycles. The van der Waals surface area contributed by atoms with Gasteiger partial charge in [0.2, 0.25) is 0 Å². The van der Waals surface area contributed by atoms with E-state index in [-0.39, 0.29) is 0 Å². The zero-order chi connectivity index (χ0) is 6.53. The number of rotatable bonds is 2. The van der Waals surface area contributed by atoms with Gasteiger partial charge in [-0.1, -0.05) is 0 Å². The van der Waals surface area contributed by atoms with Crippen molar-refractivity contribution >= 4 is 6.34 Å². The van der Waals surface area contributed by atoms with Crippen LogP contribution in [0.15, 0.2) is 4.99 Å². The summed E-state index contributed by atoms with van der Waals surface area (Å²) >= 11 is 0. The molecule has 2 N–H and O–H groups in total. The van der Waals surface area contributed by atoms with Gasteiger partial charge in [-0.3, -0.25) is 4.99 Å². The van der Waals surface area contributed by atoms with Crippen LogP contribution >= 0.6 is 0 Å². The molecule has 0 radical (unpaired) electrons. The maximum atomic E-state index is 4.72. The SMILES string of the molecule is CONC1CN=CNC1. The highest BCUT2D eigenvalue weighted by Gasteiger charge is 2.07. The molecule has 0 aromatic heterocycles. The van der Waals surface area contributed by atoms with E-state index in [0.29, 0.717) is 6.04 Å². The molecule has 0 saturated carbocycles. The van der Waals surface area contributed by atoms with E-state index in [9.17, 15) is 0 Å². The second-order valence-electron chi connectivity index (χ2n) is 1.92. The van der Waals surface area contributed by atoms with Gasteiger partial charge in [-0.15, -0.1) is 0 Å². The first-order valence-electron chi connectivity index (χ1n) is 2.93. The van der Waals surface area contributed by atoms with Crippen LogP contribution in [0.1, 0.15) is 0 Å². The van der Waals surface area contributed by atoms with Crippen LogP contribution in [0.2, 0.25) is 0 Å². The third-order valence-corrected chi connectivity index (χ3v) is 1.16. The van der Waals surface area contributed by atoms with Crippen LogP contribution in [0.4, 0.5) is 0 Å². The monoisotopic (exact) mass is 129 g/mol. The highest BCUT2D eigenvalue weighted by Crippen LogP contribution is 1.85. The minimum Gasteiger partial charge on any atom is -0.375 e. The molecule has 0 aromatic carbocycles. The Labute approximate surface area is 54.3 Å². The first-order valence-corrected chi connectivity index (χ1v) is 2.93. The van der Waals surface area contributed by atoms with Gasteiger partial charge >= 0.3 is 0 Å². The first-order chi connectivity index (χ1) is 4.43. The number of hydrogen-bond donors (Lipinski definition) is 2. The summed E-state index contributed by atoms with van der Waals surface area (Å²) in [5.41, 5.74) is 2.81. The molecular weight excluding hydrogens is 118 g/mol. The van der Waals surface area contributed by atoms with Gasteiger partial charge in [0.15, 0.2) is 0 Å². The van der Waals surface area contributed by atoms with Crippen molar-refractivity contribution in [3.8, 4) is 0 Å². The molecule has 1 aliphatic heterocycles. The lowest BCUT2D eigenvalue weighted by Gasteiger charge is -2.17. The van der Waals surface area contributed by atoms with Crippen molar-refractivity contribution in [1.82, 2.24) is 10.8 Å². The molecule has 0 saturated heterocycles. The number of nitrogens with one attached hydrogen (secondary N) is 2. The predicted octanol–water partition coefficient (Wildman–Crippen LogP) is -0.862. The minimum absolute atomic E-state index is 0.319. The third kappa shape index (κ3) is 1.99. The Morgan fingerprint density at radius 2 is 2.78 bits per heavy atom. The minimum atomic E-state index is 0.319. The zero-order valence-corrected chi connectivity index (χ0v) is 5.42. The van der Waals surface area contributed by atoms with Crippen molar-refractivity contribution < 1.29 is 4.84 Å². The van der Waals surface area contributed by atoms with Crippen LogP contribution in [0.3, 0.4) is 0 Å². The fourth-order valence-corrected chi connectivity index (χ4v) is 0.750. The van der Waals surface area contributed by atoms with E-state index >= 15 is 0 Å². The molecule has 4 heteroatoms. The van der Waals surface area contributed by atoms with Gasteiger partial charge < -0.3 is 10.2 Å². The molecule has 52 valence electrons. The van der Waals surface area contributed by atoms with E-state index in [1.165, 1.54) is 0 Å². The maximum absolute atomic E-state index is 4.72. The molecule has 0 amide bonds. The fourth-order valence-electron chi connectivity index (χ4n) is 0.750. The molecule has 0 fully saturated rings. The fraction of sp³-hybridized carbons (Fsp3) is 0.800. The molecule has 9 heavy (non-hydrogen) atoms. The molecule has 0 bridgehead atoms. The second kappa shape index (κ2) is 3.42. The Kier molecular flexibility index (Phi) is 2.48. The Morgan fingerprint density at radius 1 is 1.89 bits per heavy atom. The van der Waals surface area contributed by atoms with Crippen molar-refractivity contribution in [1.29, 1.82) is 0 Å². The molecule has 1 aliphatic rings. The summed E-state index contributed by atoms with van der Waals surface area (Å²) in [5.74, 6) is 0. The molecular formula is C5H11N3O. The van der Waals surface area contributed by atoms with Crippen molar-refractivity contribution in [3.05, 3.63) is 0 Å². The summed E-state index contributed by atoms with van der Waals surface area (Å²) < 4.78 is 0. The third-order valence-electron chi connectivity index (χ3n) is 1.16. The number of hydroxylamine groups is 1. The van der Waals surface area contributed by atoms with E-state index < -0.39 is 0 Å². The Hall–Kier alpha value is -0.610. The summed E-state index contributed by atoms with van der Waals surface area (Å²) in [5, 5.41) is 2.99. The van der Waals surface area contributed by atoms with E-state index in [4.69, 9.17) is 4.84 Å². The largest absolute Gasteiger partial charge is 0.375 e. The highest BCUT2D eigenvalue weighted by atomic mass is 16.6. The molecule has 0 aliphatic carbocycles. The van der Waals surface area contributed by atoms with Crippen molar-refractivity contribution in [2.75, 3.05) is 20.2 Å². The van der Waals surface area contributed by atoms with Gasteiger partial charge in [0.05, 0.1) is 26.0 Å². The second-order valence-corrected chi connectivity index (χ2v) is 1.92. The standard InChI is InChI=1S/C5H11N3O/c1-9-8-5-2-6-4-7-3-5/h4-5,8H,2-3H2,1H3,(H,6,7). The van der Waals surface area contributed by atoms with E-state index in [2.05, 4.69) is 15.8 Å². The summed E-state index contributed by atoms with van der Waals surface area (Å²) in [4.78, 5) is 8.72. The van der Waals surface area contributed by atoms with Gasteiger partial charge in [0.25, 0.3) is 0 Å². The summed E-state index contributed by atoms with van der Waals surface area (Å²) in [7, 11) is 1.61. The molecule has 1 rings (SSSR count).